The smallest absolute Gasteiger partial charge is 0.365 e. The minimum atomic E-state index is -6.17. The predicted octanol–water partition coefficient (Wildman–Crippen LogP) is 1.96. The molecule has 0 aliphatic carbocycles. The Morgan fingerprint density at radius 3 is 2.28 bits per heavy atom. The van der Waals surface area contributed by atoms with Crippen molar-refractivity contribution in [1.29, 1.82) is 0 Å². The van der Waals surface area contributed by atoms with Gasteiger partial charge in [0.05, 0.1) is 4.92 Å². The molecule has 0 N–H and O–H groups in total. The lowest BCUT2D eigenvalue weighted by Gasteiger charge is -2.09. The van der Waals surface area contributed by atoms with Gasteiger partial charge in [0.1, 0.15) is 0 Å². The third-order valence-electron chi connectivity index (χ3n) is 1.62. The second kappa shape index (κ2) is 4.40. The highest BCUT2D eigenvalue weighted by molar-refractivity contribution is 7.88. The number of alkyl halides is 3. The molecule has 0 atom stereocenters. The highest BCUT2D eigenvalue weighted by atomic mass is 32.2. The van der Waals surface area contributed by atoms with E-state index in [4.69, 9.17) is 0 Å². The molecule has 0 spiro atoms. The second-order valence-electron chi connectivity index (χ2n) is 2.83. The Hall–Kier alpha value is -1.91. The number of nitro benzene ring substituents is 1. The molecule has 0 fully saturated rings. The summed E-state index contributed by atoms with van der Waals surface area (Å²) >= 11 is 0. The van der Waals surface area contributed by atoms with E-state index in [-0.39, 0.29) is 0 Å². The largest absolute Gasteiger partial charge is 0.534 e. The predicted molar refractivity (Wildman–Crippen MR) is 48.7 cm³/mol. The van der Waals surface area contributed by atoms with Crippen molar-refractivity contribution >= 4 is 15.8 Å². The first-order valence-corrected chi connectivity index (χ1v) is 5.41. The van der Waals surface area contributed by atoms with E-state index in [1.54, 1.807) is 0 Å². The highest BCUT2D eigenvalue weighted by Crippen LogP contribution is 2.34. The fourth-order valence-corrected chi connectivity index (χ4v) is 1.36. The summed E-state index contributed by atoms with van der Waals surface area (Å²) in [5.41, 5.74) is -7.05. The van der Waals surface area contributed by atoms with E-state index < -0.39 is 37.8 Å². The highest BCUT2D eigenvalue weighted by Gasteiger charge is 2.49. The first-order valence-electron chi connectivity index (χ1n) is 4.00. The monoisotopic (exact) mass is 289 g/mol. The van der Waals surface area contributed by atoms with Crippen molar-refractivity contribution in [2.24, 2.45) is 0 Å². The van der Waals surface area contributed by atoms with Gasteiger partial charge in [-0.3, -0.25) is 10.1 Å². The van der Waals surface area contributed by atoms with Crippen LogP contribution in [0.15, 0.2) is 18.2 Å². The van der Waals surface area contributed by atoms with Crippen LogP contribution in [-0.2, 0) is 10.1 Å². The van der Waals surface area contributed by atoms with Gasteiger partial charge in [0, 0.05) is 6.07 Å². The summed E-state index contributed by atoms with van der Waals surface area (Å²) < 4.78 is 73.6. The van der Waals surface area contributed by atoms with E-state index in [0.717, 1.165) is 6.07 Å². The van der Waals surface area contributed by atoms with Crippen molar-refractivity contribution in [3.8, 4) is 5.75 Å². The molecule has 0 amide bonds. The minimum Gasteiger partial charge on any atom is -0.365 e. The first kappa shape index (κ1) is 14.2. The van der Waals surface area contributed by atoms with Gasteiger partial charge in [0.15, 0.2) is 5.82 Å². The molecule has 1 aromatic rings. The summed E-state index contributed by atoms with van der Waals surface area (Å²) in [6.45, 7) is 0. The lowest BCUT2D eigenvalue weighted by atomic mass is 10.3. The van der Waals surface area contributed by atoms with Gasteiger partial charge in [-0.05, 0) is 6.07 Å². The molecule has 0 aliphatic heterocycles. The average Bonchev–Trinajstić information content (AvgIpc) is 2.18. The van der Waals surface area contributed by atoms with Crippen molar-refractivity contribution < 1.29 is 35.1 Å². The number of hydrogen-bond donors (Lipinski definition) is 0. The minimum absolute atomic E-state index is 0.522. The molecule has 1 aromatic carbocycles. The van der Waals surface area contributed by atoms with Crippen LogP contribution in [-0.4, -0.2) is 18.8 Å². The first-order chi connectivity index (χ1) is 8.06. The fraction of sp³-hybridized carbons (Fsp3) is 0.143. The van der Waals surface area contributed by atoms with E-state index in [2.05, 4.69) is 4.18 Å². The van der Waals surface area contributed by atoms with Crippen LogP contribution in [0.3, 0.4) is 0 Å². The van der Waals surface area contributed by atoms with Gasteiger partial charge < -0.3 is 4.18 Å². The summed E-state index contributed by atoms with van der Waals surface area (Å²) in [7, 11) is -6.17. The number of hydrogen-bond acceptors (Lipinski definition) is 5. The Kier molecular flexibility index (Phi) is 3.46. The topological polar surface area (TPSA) is 86.5 Å². The summed E-state index contributed by atoms with van der Waals surface area (Å²) in [6.07, 6.45) is 0. The maximum atomic E-state index is 13.1. The van der Waals surface area contributed by atoms with Crippen LogP contribution in [0, 0.1) is 15.9 Å². The Morgan fingerprint density at radius 1 is 1.28 bits per heavy atom. The molecular formula is C7H3F4NO5S. The van der Waals surface area contributed by atoms with E-state index in [1.807, 2.05) is 0 Å². The Morgan fingerprint density at radius 2 is 1.83 bits per heavy atom. The Bertz CT molecular complexity index is 582. The van der Waals surface area contributed by atoms with Crippen LogP contribution in [0.25, 0.3) is 0 Å². The van der Waals surface area contributed by atoms with Gasteiger partial charge in [-0.15, -0.1) is 0 Å². The molecule has 0 heterocycles. The van der Waals surface area contributed by atoms with Gasteiger partial charge in [-0.2, -0.15) is 21.6 Å². The normalized spacial score (nSPS) is 12.2. The molecule has 0 saturated heterocycles. The zero-order valence-corrected chi connectivity index (χ0v) is 8.96. The zero-order valence-electron chi connectivity index (χ0n) is 8.14. The molecular weight excluding hydrogens is 286 g/mol. The SMILES string of the molecule is O=[N+]([O-])c1cccc(F)c1OS(=O)(=O)C(F)(F)F. The van der Waals surface area contributed by atoms with Crippen LogP contribution in [0.1, 0.15) is 0 Å². The lowest BCUT2D eigenvalue weighted by molar-refractivity contribution is -0.385. The summed E-state index contributed by atoms with van der Waals surface area (Å²) in [6, 6.07) is 1.94. The molecule has 18 heavy (non-hydrogen) atoms. The lowest BCUT2D eigenvalue weighted by Crippen LogP contribution is -2.28. The van der Waals surface area contributed by atoms with Crippen molar-refractivity contribution in [1.82, 2.24) is 0 Å². The van der Waals surface area contributed by atoms with Gasteiger partial charge in [-0.1, -0.05) is 6.07 Å². The number of rotatable bonds is 3. The van der Waals surface area contributed by atoms with Crippen LogP contribution < -0.4 is 4.18 Å². The maximum absolute atomic E-state index is 13.1. The second-order valence-corrected chi connectivity index (χ2v) is 4.37. The Labute approximate surface area is 97.1 Å². The van der Waals surface area contributed by atoms with Gasteiger partial charge in [-0.25, -0.2) is 4.39 Å². The van der Waals surface area contributed by atoms with Crippen molar-refractivity contribution in [2.75, 3.05) is 0 Å². The van der Waals surface area contributed by atoms with Crippen molar-refractivity contribution in [3.05, 3.63) is 34.1 Å². The van der Waals surface area contributed by atoms with Crippen LogP contribution >= 0.6 is 0 Å². The van der Waals surface area contributed by atoms with Crippen LogP contribution in [0.4, 0.5) is 23.2 Å². The number of nitro groups is 1. The molecule has 0 radical (unpaired) electrons. The number of nitrogens with zero attached hydrogens (tertiary/aromatic N) is 1. The van der Waals surface area contributed by atoms with E-state index in [0.29, 0.717) is 12.1 Å². The van der Waals surface area contributed by atoms with Crippen LogP contribution in [0.2, 0.25) is 0 Å². The number of benzene rings is 1. The molecule has 0 bridgehead atoms. The van der Waals surface area contributed by atoms with E-state index in [1.165, 1.54) is 0 Å². The molecule has 6 nitrogen and oxygen atoms in total. The Balaban J connectivity index is 3.33. The summed E-state index contributed by atoms with van der Waals surface area (Å²) in [4.78, 5) is 9.12. The quantitative estimate of drug-likeness (QED) is 0.279. The van der Waals surface area contributed by atoms with Crippen molar-refractivity contribution in [2.45, 2.75) is 5.51 Å². The number of halogens is 4. The third-order valence-corrected chi connectivity index (χ3v) is 2.57. The summed E-state index contributed by atoms with van der Waals surface area (Å²) in [5.74, 6) is -3.21. The van der Waals surface area contributed by atoms with Gasteiger partial charge in [0.25, 0.3) is 5.75 Å². The standard InChI is InChI=1S/C7H3F4NO5S/c8-4-2-1-3-5(12(13)14)6(4)17-18(15,16)7(9,10)11/h1-3H. The van der Waals surface area contributed by atoms with E-state index in [9.17, 15) is 36.1 Å². The van der Waals surface area contributed by atoms with Gasteiger partial charge in [0.2, 0.25) is 0 Å². The third kappa shape index (κ3) is 2.67. The molecule has 1 rings (SSSR count). The maximum Gasteiger partial charge on any atom is 0.534 e. The molecule has 11 heteroatoms. The molecule has 0 aromatic heterocycles. The van der Waals surface area contributed by atoms with Crippen LogP contribution in [0.5, 0.6) is 5.75 Å². The fourth-order valence-electron chi connectivity index (χ4n) is 0.881. The molecule has 0 unspecified atom stereocenters. The zero-order chi connectivity index (χ0) is 14.1. The molecule has 0 aliphatic rings. The summed E-state index contributed by atoms with van der Waals surface area (Å²) in [5, 5.41) is 10.4. The van der Waals surface area contributed by atoms with E-state index >= 15 is 0 Å². The molecule has 0 saturated carbocycles. The molecule has 100 valence electrons. The average molecular weight is 289 g/mol. The number of para-hydroxylation sites is 1. The van der Waals surface area contributed by atoms with Gasteiger partial charge >= 0.3 is 21.3 Å². The van der Waals surface area contributed by atoms with Crippen molar-refractivity contribution in [3.63, 3.8) is 0 Å².